The Morgan fingerprint density at radius 2 is 2.04 bits per heavy atom. The van der Waals surface area contributed by atoms with Gasteiger partial charge in [-0.2, -0.15) is 0 Å². The minimum atomic E-state index is -0.297. The highest BCUT2D eigenvalue weighted by molar-refractivity contribution is 6.04. The summed E-state index contributed by atoms with van der Waals surface area (Å²) in [6.07, 6.45) is -0.0887. The monoisotopic (exact) mass is 363 g/mol. The number of hydrogen-bond acceptors (Lipinski definition) is 7. The summed E-state index contributed by atoms with van der Waals surface area (Å²) in [5.41, 5.74) is 0.461. The Hall–Kier alpha value is -2.32. The number of carbonyl (C=O) groups is 1. The van der Waals surface area contributed by atoms with E-state index in [1.54, 1.807) is 18.2 Å². The molecule has 0 unspecified atom stereocenters. The summed E-state index contributed by atoms with van der Waals surface area (Å²) in [7, 11) is 0. The Kier molecular flexibility index (Phi) is 6.30. The maximum Gasteiger partial charge on any atom is 0.291 e. The number of benzene rings is 1. The third kappa shape index (κ3) is 5.09. The smallest absolute Gasteiger partial charge is 0.291 e. The van der Waals surface area contributed by atoms with Gasteiger partial charge in [0.15, 0.2) is 11.5 Å². The van der Waals surface area contributed by atoms with Crippen LogP contribution >= 0.6 is 0 Å². The molecule has 0 aliphatic carbocycles. The molecule has 2 aliphatic heterocycles. The van der Waals surface area contributed by atoms with Crippen LogP contribution in [0.3, 0.4) is 0 Å². The molecule has 1 fully saturated rings. The first-order valence-corrected chi connectivity index (χ1v) is 8.84. The zero-order valence-corrected chi connectivity index (χ0v) is 15.2. The van der Waals surface area contributed by atoms with E-state index in [1.165, 1.54) is 0 Å². The molecule has 0 radical (unpaired) electrons. The fourth-order valence-electron chi connectivity index (χ4n) is 2.65. The van der Waals surface area contributed by atoms with E-state index in [-0.39, 0.29) is 24.8 Å². The Balaban J connectivity index is 1.59. The normalized spacial score (nSPS) is 17.4. The van der Waals surface area contributed by atoms with Crippen LogP contribution in [0.2, 0.25) is 0 Å². The van der Waals surface area contributed by atoms with Gasteiger partial charge in [0.2, 0.25) is 6.79 Å². The molecule has 2 heterocycles. The Morgan fingerprint density at radius 1 is 1.27 bits per heavy atom. The topological polar surface area (TPSA) is 81.6 Å². The molecule has 142 valence electrons. The SMILES string of the molecule is CC(C)OC(=NCCN1CCOCC1)NC(=O)c1ccc2c(c1)OCO2. The molecule has 1 amide bonds. The number of aliphatic imine (C=N–C) groups is 1. The number of nitrogens with zero attached hydrogens (tertiary/aromatic N) is 2. The Labute approximate surface area is 153 Å². The lowest BCUT2D eigenvalue weighted by atomic mass is 10.2. The summed E-state index contributed by atoms with van der Waals surface area (Å²) in [5, 5.41) is 2.74. The van der Waals surface area contributed by atoms with Crippen molar-refractivity contribution in [2.45, 2.75) is 20.0 Å². The van der Waals surface area contributed by atoms with Crippen LogP contribution in [-0.2, 0) is 9.47 Å². The van der Waals surface area contributed by atoms with Crippen LogP contribution in [0.1, 0.15) is 24.2 Å². The quantitative estimate of drug-likeness (QED) is 0.627. The fraction of sp³-hybridized carbons (Fsp3) is 0.556. The number of nitrogens with one attached hydrogen (secondary N) is 1. The van der Waals surface area contributed by atoms with Gasteiger partial charge in [-0.15, -0.1) is 0 Å². The minimum absolute atomic E-state index is 0.0887. The van der Waals surface area contributed by atoms with Gasteiger partial charge in [0.05, 0.1) is 25.9 Å². The number of amidine groups is 1. The molecule has 0 spiro atoms. The van der Waals surface area contributed by atoms with E-state index in [4.69, 9.17) is 18.9 Å². The summed E-state index contributed by atoms with van der Waals surface area (Å²) in [4.78, 5) is 19.2. The van der Waals surface area contributed by atoms with Crippen molar-refractivity contribution in [3.8, 4) is 11.5 Å². The van der Waals surface area contributed by atoms with Crippen molar-refractivity contribution in [2.75, 3.05) is 46.2 Å². The zero-order valence-electron chi connectivity index (χ0n) is 15.2. The number of amides is 1. The highest BCUT2D eigenvalue weighted by Crippen LogP contribution is 2.32. The summed E-state index contributed by atoms with van der Waals surface area (Å²) in [6.45, 7) is 8.61. The molecule has 0 bridgehead atoms. The molecule has 1 aromatic rings. The second kappa shape index (κ2) is 8.86. The van der Waals surface area contributed by atoms with E-state index in [9.17, 15) is 4.79 Å². The predicted octanol–water partition coefficient (Wildman–Crippen LogP) is 1.26. The van der Waals surface area contributed by atoms with E-state index < -0.39 is 0 Å². The van der Waals surface area contributed by atoms with Crippen molar-refractivity contribution in [3.63, 3.8) is 0 Å². The van der Waals surface area contributed by atoms with Crippen LogP contribution < -0.4 is 14.8 Å². The van der Waals surface area contributed by atoms with Gasteiger partial charge in [-0.3, -0.25) is 15.0 Å². The largest absolute Gasteiger partial charge is 0.462 e. The number of hydrogen-bond donors (Lipinski definition) is 1. The zero-order chi connectivity index (χ0) is 18.4. The summed E-state index contributed by atoms with van der Waals surface area (Å²) < 4.78 is 21.6. The first-order chi connectivity index (χ1) is 12.6. The molecule has 0 saturated carbocycles. The van der Waals surface area contributed by atoms with Crippen LogP contribution in [0, 0.1) is 0 Å². The molecule has 1 N–H and O–H groups in total. The summed E-state index contributed by atoms with van der Waals surface area (Å²) in [5.74, 6) is 0.904. The fourth-order valence-corrected chi connectivity index (χ4v) is 2.65. The molecular weight excluding hydrogens is 338 g/mol. The highest BCUT2D eigenvalue weighted by Gasteiger charge is 2.18. The molecule has 0 atom stereocenters. The molecule has 2 aliphatic rings. The summed E-state index contributed by atoms with van der Waals surface area (Å²) >= 11 is 0. The van der Waals surface area contributed by atoms with Gasteiger partial charge in [0.25, 0.3) is 11.9 Å². The number of carbonyl (C=O) groups excluding carboxylic acids is 1. The first-order valence-electron chi connectivity index (χ1n) is 8.84. The van der Waals surface area contributed by atoms with E-state index in [2.05, 4.69) is 15.2 Å². The molecule has 8 heteroatoms. The van der Waals surface area contributed by atoms with Gasteiger partial charge >= 0.3 is 0 Å². The number of ether oxygens (including phenoxy) is 4. The standard InChI is InChI=1S/C18H25N3O5/c1-13(2)26-18(19-5-6-21-7-9-23-10-8-21)20-17(22)14-3-4-15-16(11-14)25-12-24-15/h3-4,11,13H,5-10,12H2,1-2H3,(H,19,20,22). The average molecular weight is 363 g/mol. The lowest BCUT2D eigenvalue weighted by molar-refractivity contribution is 0.0393. The van der Waals surface area contributed by atoms with Gasteiger partial charge in [-0.25, -0.2) is 4.99 Å². The van der Waals surface area contributed by atoms with E-state index in [0.717, 1.165) is 32.8 Å². The molecule has 8 nitrogen and oxygen atoms in total. The van der Waals surface area contributed by atoms with Crippen LogP contribution in [0.5, 0.6) is 11.5 Å². The maximum atomic E-state index is 12.5. The van der Waals surface area contributed by atoms with Gasteiger partial charge in [-0.05, 0) is 32.0 Å². The van der Waals surface area contributed by atoms with Crippen LogP contribution in [-0.4, -0.2) is 69.1 Å². The third-order valence-electron chi connectivity index (χ3n) is 3.98. The second-order valence-electron chi connectivity index (χ2n) is 6.33. The second-order valence-corrected chi connectivity index (χ2v) is 6.33. The van der Waals surface area contributed by atoms with Gasteiger partial charge < -0.3 is 18.9 Å². The first kappa shape index (κ1) is 18.5. The summed E-state index contributed by atoms with van der Waals surface area (Å²) in [6, 6.07) is 5.29. The van der Waals surface area contributed by atoms with Crippen molar-refractivity contribution in [2.24, 2.45) is 4.99 Å². The van der Waals surface area contributed by atoms with E-state index >= 15 is 0 Å². The van der Waals surface area contributed by atoms with Gasteiger partial charge in [-0.1, -0.05) is 0 Å². The Bertz CT molecular complexity index is 656. The molecule has 0 aromatic heterocycles. The van der Waals surface area contributed by atoms with Crippen LogP contribution in [0.15, 0.2) is 23.2 Å². The highest BCUT2D eigenvalue weighted by atomic mass is 16.7. The molecule has 1 saturated heterocycles. The molecular formula is C18H25N3O5. The van der Waals surface area contributed by atoms with Crippen LogP contribution in [0.25, 0.3) is 0 Å². The van der Waals surface area contributed by atoms with Crippen molar-refractivity contribution < 1.29 is 23.7 Å². The van der Waals surface area contributed by atoms with E-state index in [0.29, 0.717) is 23.6 Å². The third-order valence-corrected chi connectivity index (χ3v) is 3.98. The lowest BCUT2D eigenvalue weighted by Gasteiger charge is -2.25. The van der Waals surface area contributed by atoms with E-state index in [1.807, 2.05) is 13.8 Å². The Morgan fingerprint density at radius 3 is 2.81 bits per heavy atom. The lowest BCUT2D eigenvalue weighted by Crippen LogP contribution is -2.38. The molecule has 26 heavy (non-hydrogen) atoms. The number of fused-ring (bicyclic) bond motifs is 1. The van der Waals surface area contributed by atoms with Crippen molar-refractivity contribution >= 4 is 11.9 Å². The minimum Gasteiger partial charge on any atom is -0.462 e. The molecule has 3 rings (SSSR count). The predicted molar refractivity (Wildman–Crippen MR) is 95.8 cm³/mol. The van der Waals surface area contributed by atoms with Crippen molar-refractivity contribution in [1.82, 2.24) is 10.2 Å². The van der Waals surface area contributed by atoms with Crippen LogP contribution in [0.4, 0.5) is 0 Å². The average Bonchev–Trinajstić information content (AvgIpc) is 3.09. The number of rotatable bonds is 5. The maximum absolute atomic E-state index is 12.5. The van der Waals surface area contributed by atoms with Crippen molar-refractivity contribution in [3.05, 3.63) is 23.8 Å². The molecule has 1 aromatic carbocycles. The van der Waals surface area contributed by atoms with Crippen molar-refractivity contribution in [1.29, 1.82) is 0 Å². The van der Waals surface area contributed by atoms with Gasteiger partial charge in [0, 0.05) is 25.2 Å². The van der Waals surface area contributed by atoms with Gasteiger partial charge in [0.1, 0.15) is 0 Å². The number of morpholine rings is 1.